The third-order valence-corrected chi connectivity index (χ3v) is 4.11. The summed E-state index contributed by atoms with van der Waals surface area (Å²) in [7, 11) is 0. The van der Waals surface area contributed by atoms with Gasteiger partial charge in [0, 0.05) is 38.3 Å². The van der Waals surface area contributed by atoms with Crippen molar-refractivity contribution in [3.8, 4) is 0 Å². The first-order valence-corrected chi connectivity index (χ1v) is 8.31. The number of benzene rings is 1. The van der Waals surface area contributed by atoms with E-state index in [2.05, 4.69) is 0 Å². The van der Waals surface area contributed by atoms with Crippen molar-refractivity contribution in [3.05, 3.63) is 46.0 Å². The molecule has 2 rings (SSSR count). The summed E-state index contributed by atoms with van der Waals surface area (Å²) in [6.45, 7) is 1.98. The van der Waals surface area contributed by atoms with Crippen LogP contribution in [0.15, 0.2) is 30.4 Å². The maximum atomic E-state index is 12.8. The van der Waals surface area contributed by atoms with Gasteiger partial charge in [0.2, 0.25) is 0 Å². The lowest BCUT2D eigenvalue weighted by molar-refractivity contribution is -0.384. The summed E-state index contributed by atoms with van der Waals surface area (Å²) < 4.78 is 43.2. The lowest BCUT2D eigenvalue weighted by atomic mass is 10.1. The van der Waals surface area contributed by atoms with Crippen molar-refractivity contribution >= 4 is 23.3 Å². The van der Waals surface area contributed by atoms with E-state index in [1.807, 2.05) is 0 Å². The highest BCUT2D eigenvalue weighted by molar-refractivity contribution is 5.85. The number of amides is 1. The summed E-state index contributed by atoms with van der Waals surface area (Å²) in [4.78, 5) is 36.6. The first kappa shape index (κ1) is 21.2. The SMILES string of the molecule is C/C=C/C(=O)OCC(=O)N1CCN(c2ccc(C(F)(F)F)cc2[N+](=O)[O-])CC1. The second-order valence-corrected chi connectivity index (χ2v) is 5.93. The average molecular weight is 401 g/mol. The number of carbonyl (C=O) groups is 2. The van der Waals surface area contributed by atoms with Gasteiger partial charge in [-0.2, -0.15) is 13.2 Å². The van der Waals surface area contributed by atoms with Crippen LogP contribution >= 0.6 is 0 Å². The van der Waals surface area contributed by atoms with Crippen molar-refractivity contribution in [2.75, 3.05) is 37.7 Å². The number of alkyl halides is 3. The average Bonchev–Trinajstić information content (AvgIpc) is 2.65. The summed E-state index contributed by atoms with van der Waals surface area (Å²) in [5.41, 5.74) is -1.68. The Morgan fingerprint density at radius 1 is 1.25 bits per heavy atom. The predicted molar refractivity (Wildman–Crippen MR) is 92.7 cm³/mol. The van der Waals surface area contributed by atoms with E-state index in [0.717, 1.165) is 12.1 Å². The van der Waals surface area contributed by atoms with Gasteiger partial charge >= 0.3 is 12.1 Å². The molecule has 1 aliphatic heterocycles. The molecule has 0 unspecified atom stereocenters. The fourth-order valence-electron chi connectivity index (χ4n) is 2.72. The van der Waals surface area contributed by atoms with E-state index in [1.54, 1.807) is 11.8 Å². The molecule has 1 heterocycles. The van der Waals surface area contributed by atoms with Crippen LogP contribution in [0.3, 0.4) is 0 Å². The number of allylic oxidation sites excluding steroid dienone is 1. The number of hydrogen-bond donors (Lipinski definition) is 0. The van der Waals surface area contributed by atoms with Crippen molar-refractivity contribution < 1.29 is 32.4 Å². The number of carbonyl (C=O) groups excluding carboxylic acids is 2. The van der Waals surface area contributed by atoms with Gasteiger partial charge in [-0.25, -0.2) is 4.79 Å². The summed E-state index contributed by atoms with van der Waals surface area (Å²) in [5.74, 6) is -1.06. The molecule has 1 aromatic rings. The molecule has 152 valence electrons. The van der Waals surface area contributed by atoms with Crippen LogP contribution in [0.25, 0.3) is 0 Å². The lowest BCUT2D eigenvalue weighted by Crippen LogP contribution is -2.50. The highest BCUT2D eigenvalue weighted by Gasteiger charge is 2.34. The third-order valence-electron chi connectivity index (χ3n) is 4.11. The van der Waals surface area contributed by atoms with Crippen LogP contribution in [0.1, 0.15) is 12.5 Å². The summed E-state index contributed by atoms with van der Waals surface area (Å²) in [5, 5.41) is 11.2. The molecule has 0 aromatic heterocycles. The topological polar surface area (TPSA) is 93.0 Å². The Bertz CT molecular complexity index is 787. The minimum atomic E-state index is -4.68. The molecule has 1 amide bonds. The maximum absolute atomic E-state index is 12.8. The smallest absolute Gasteiger partial charge is 0.416 e. The first-order chi connectivity index (χ1) is 13.1. The minimum absolute atomic E-state index is 0.0598. The first-order valence-electron chi connectivity index (χ1n) is 8.31. The Hall–Kier alpha value is -3.11. The number of ether oxygens (including phenoxy) is 1. The molecular formula is C17H18F3N3O5. The number of nitro groups is 1. The largest absolute Gasteiger partial charge is 0.452 e. The predicted octanol–water partition coefficient (Wildman–Crippen LogP) is 2.38. The standard InChI is InChI=1S/C17H18F3N3O5/c1-2-3-16(25)28-11-15(24)22-8-6-21(7-9-22)13-5-4-12(17(18,19)20)10-14(13)23(26)27/h2-5,10H,6-9,11H2,1H3/b3-2+. The summed E-state index contributed by atoms with van der Waals surface area (Å²) >= 11 is 0. The van der Waals surface area contributed by atoms with E-state index in [-0.39, 0.29) is 31.9 Å². The van der Waals surface area contributed by atoms with Crippen molar-refractivity contribution in [2.24, 2.45) is 0 Å². The van der Waals surface area contributed by atoms with Crippen molar-refractivity contribution in [3.63, 3.8) is 0 Å². The Kier molecular flexibility index (Phi) is 6.60. The Morgan fingerprint density at radius 3 is 2.43 bits per heavy atom. The van der Waals surface area contributed by atoms with Crippen LogP contribution in [0, 0.1) is 10.1 Å². The molecule has 1 aromatic carbocycles. The van der Waals surface area contributed by atoms with Gasteiger partial charge in [0.1, 0.15) is 5.69 Å². The highest BCUT2D eigenvalue weighted by Crippen LogP contribution is 2.36. The van der Waals surface area contributed by atoms with Gasteiger partial charge in [0.15, 0.2) is 6.61 Å². The van der Waals surface area contributed by atoms with Crippen LogP contribution in [-0.2, 0) is 20.5 Å². The highest BCUT2D eigenvalue weighted by atomic mass is 19.4. The number of piperazine rings is 1. The Balaban J connectivity index is 2.04. The normalized spacial score (nSPS) is 15.0. The number of hydrogen-bond acceptors (Lipinski definition) is 6. The molecule has 0 saturated carbocycles. The molecule has 1 saturated heterocycles. The second kappa shape index (κ2) is 8.72. The molecule has 0 bridgehead atoms. The van der Waals surface area contributed by atoms with Gasteiger partial charge < -0.3 is 14.5 Å². The molecule has 8 nitrogen and oxygen atoms in total. The van der Waals surface area contributed by atoms with E-state index in [4.69, 9.17) is 4.74 Å². The molecule has 1 aliphatic rings. The molecule has 0 spiro atoms. The maximum Gasteiger partial charge on any atom is 0.416 e. The van der Waals surface area contributed by atoms with E-state index >= 15 is 0 Å². The van der Waals surface area contributed by atoms with E-state index in [0.29, 0.717) is 6.07 Å². The van der Waals surface area contributed by atoms with Gasteiger partial charge in [0.05, 0.1) is 10.5 Å². The number of esters is 1. The summed E-state index contributed by atoms with van der Waals surface area (Å²) in [6, 6.07) is 2.37. The number of halogens is 3. The fourth-order valence-corrected chi connectivity index (χ4v) is 2.72. The zero-order valence-corrected chi connectivity index (χ0v) is 14.9. The molecule has 0 N–H and O–H groups in total. The second-order valence-electron chi connectivity index (χ2n) is 5.93. The van der Waals surface area contributed by atoms with E-state index < -0.39 is 40.8 Å². The molecule has 0 aliphatic carbocycles. The van der Waals surface area contributed by atoms with Crippen LogP contribution in [0.4, 0.5) is 24.5 Å². The molecule has 0 radical (unpaired) electrons. The van der Waals surface area contributed by atoms with Gasteiger partial charge in [0.25, 0.3) is 11.6 Å². The molecular weight excluding hydrogens is 383 g/mol. The lowest BCUT2D eigenvalue weighted by Gasteiger charge is -2.35. The third kappa shape index (κ3) is 5.21. The van der Waals surface area contributed by atoms with Crippen LogP contribution in [-0.4, -0.2) is 54.5 Å². The number of rotatable bonds is 5. The van der Waals surface area contributed by atoms with Crippen LogP contribution in [0.2, 0.25) is 0 Å². The zero-order chi connectivity index (χ0) is 20.9. The van der Waals surface area contributed by atoms with Crippen LogP contribution < -0.4 is 4.90 Å². The molecule has 1 fully saturated rings. The van der Waals surface area contributed by atoms with Gasteiger partial charge in [-0.3, -0.25) is 14.9 Å². The molecule has 11 heteroatoms. The van der Waals surface area contributed by atoms with E-state index in [9.17, 15) is 32.9 Å². The number of nitro benzene ring substituents is 1. The van der Waals surface area contributed by atoms with E-state index in [1.165, 1.54) is 17.1 Å². The van der Waals surface area contributed by atoms with Crippen molar-refractivity contribution in [1.82, 2.24) is 4.90 Å². The Labute approximate surface area is 158 Å². The number of anilines is 1. The minimum Gasteiger partial charge on any atom is -0.452 e. The van der Waals surface area contributed by atoms with Crippen molar-refractivity contribution in [1.29, 1.82) is 0 Å². The number of nitrogens with zero attached hydrogens (tertiary/aromatic N) is 3. The van der Waals surface area contributed by atoms with Gasteiger partial charge in [-0.1, -0.05) is 6.08 Å². The fraction of sp³-hybridized carbons (Fsp3) is 0.412. The molecule has 0 atom stereocenters. The zero-order valence-electron chi connectivity index (χ0n) is 14.9. The van der Waals surface area contributed by atoms with Crippen LogP contribution in [0.5, 0.6) is 0 Å². The van der Waals surface area contributed by atoms with Gasteiger partial charge in [-0.15, -0.1) is 0 Å². The van der Waals surface area contributed by atoms with Crippen molar-refractivity contribution in [2.45, 2.75) is 13.1 Å². The quantitative estimate of drug-likeness (QED) is 0.326. The Morgan fingerprint density at radius 2 is 1.89 bits per heavy atom. The molecule has 28 heavy (non-hydrogen) atoms. The van der Waals surface area contributed by atoms with Gasteiger partial charge in [-0.05, 0) is 19.1 Å². The monoisotopic (exact) mass is 401 g/mol. The summed E-state index contributed by atoms with van der Waals surface area (Å²) in [6.07, 6.45) is -2.03.